The van der Waals surface area contributed by atoms with Crippen LogP contribution in [0, 0.1) is 0 Å². The van der Waals surface area contributed by atoms with Crippen LogP contribution in [0.2, 0.25) is 0 Å². The van der Waals surface area contributed by atoms with E-state index in [4.69, 9.17) is 28.4 Å². The van der Waals surface area contributed by atoms with E-state index in [1.165, 1.54) is 27.4 Å². The maximum absolute atomic E-state index is 13.7. The summed E-state index contributed by atoms with van der Waals surface area (Å²) in [6, 6.07) is 9.65. The Labute approximate surface area is 327 Å². The lowest BCUT2D eigenvalue weighted by atomic mass is 9.77. The minimum atomic E-state index is -1.78. The number of aliphatic hydroxyl groups is 1. The van der Waals surface area contributed by atoms with Crippen molar-refractivity contribution in [3.63, 3.8) is 0 Å². The fourth-order valence-electron chi connectivity index (χ4n) is 7.38. The summed E-state index contributed by atoms with van der Waals surface area (Å²) in [5.74, 6) is -9.90. The van der Waals surface area contributed by atoms with Gasteiger partial charge in [0.25, 0.3) is 0 Å². The molecule has 2 heterocycles. The van der Waals surface area contributed by atoms with Gasteiger partial charge in [-0.15, -0.1) is 0 Å². The van der Waals surface area contributed by atoms with Crippen molar-refractivity contribution >= 4 is 5.97 Å². The number of hydrogen-bond acceptors (Lipinski definition) is 18. The van der Waals surface area contributed by atoms with Crippen LogP contribution in [0.15, 0.2) is 54.6 Å². The van der Waals surface area contributed by atoms with E-state index in [1.54, 1.807) is 0 Å². The van der Waals surface area contributed by atoms with Crippen LogP contribution in [0.3, 0.4) is 0 Å². The minimum Gasteiger partial charge on any atom is -0.508 e. The number of carbonyl (C=O) groups is 1. The Morgan fingerprint density at radius 3 is 1.81 bits per heavy atom. The number of carbonyl (C=O) groups excluding carboxylic acids is 1. The number of hydrogen-bond donors (Lipinski definition) is 11. The predicted molar refractivity (Wildman–Crippen MR) is 196 cm³/mol. The lowest BCUT2D eigenvalue weighted by Crippen LogP contribution is -2.38. The van der Waals surface area contributed by atoms with Gasteiger partial charge in [0.15, 0.2) is 52.5 Å². The molecule has 0 saturated carbocycles. The number of esters is 1. The van der Waals surface area contributed by atoms with Gasteiger partial charge in [0, 0.05) is 52.4 Å². The molecule has 0 bridgehead atoms. The third-order valence-corrected chi connectivity index (χ3v) is 9.99. The maximum Gasteiger partial charge on any atom is 0.338 e. The van der Waals surface area contributed by atoms with Crippen LogP contribution in [-0.4, -0.2) is 95.7 Å². The van der Waals surface area contributed by atoms with Crippen LogP contribution in [0.25, 0.3) is 0 Å². The number of methoxy groups -OCH3 is 3. The summed E-state index contributed by atoms with van der Waals surface area (Å²) < 4.78 is 34.2. The molecule has 0 unspecified atom stereocenters. The standard InChI is InChI=1S/C40H36O18/c1-53-26-13-20(43)31(32-30-19(42)10-17(41)11-27(30)56-37(35(32)51)15-6-24(47)39(55-3)25(48)7-15)38-18(26)12-29(36(58-38)14-4-21(44)33(49)22(45)5-14)57-40(52)16-8-23(46)34(50)28(9-16)54-2/h4-11,13,29,32,35-37,41-51H,12H2,1-3H3/t29-,32-,35-,36-,37-/m1/s1. The van der Waals surface area contributed by atoms with E-state index in [0.717, 1.165) is 48.5 Å². The highest BCUT2D eigenvalue weighted by molar-refractivity contribution is 5.91. The molecule has 5 aromatic rings. The van der Waals surface area contributed by atoms with Crippen molar-refractivity contribution in [3.05, 3.63) is 88.0 Å². The zero-order chi connectivity index (χ0) is 41.9. The van der Waals surface area contributed by atoms with Crippen LogP contribution in [0.1, 0.15) is 56.3 Å². The Morgan fingerprint density at radius 1 is 0.603 bits per heavy atom. The lowest BCUT2D eigenvalue weighted by Gasteiger charge is -2.41. The monoisotopic (exact) mass is 804 g/mol. The molecule has 0 aliphatic carbocycles. The molecule has 58 heavy (non-hydrogen) atoms. The minimum absolute atomic E-state index is 0.00126. The van der Waals surface area contributed by atoms with Crippen LogP contribution in [-0.2, 0) is 11.2 Å². The highest BCUT2D eigenvalue weighted by Crippen LogP contribution is 2.58. The average Bonchev–Trinajstić information content (AvgIpc) is 3.17. The summed E-state index contributed by atoms with van der Waals surface area (Å²) in [5, 5.41) is 119. The number of rotatable bonds is 8. The van der Waals surface area contributed by atoms with Gasteiger partial charge in [0.05, 0.1) is 32.8 Å². The quantitative estimate of drug-likeness (QED) is 0.0770. The predicted octanol–water partition coefficient (Wildman–Crippen LogP) is 4.30. The molecule has 0 radical (unpaired) electrons. The molecule has 5 aromatic carbocycles. The van der Waals surface area contributed by atoms with Gasteiger partial charge in [0.2, 0.25) is 11.5 Å². The number of phenolic OH excluding ortho intramolecular Hbond substituents is 10. The normalized spacial score (nSPS) is 19.5. The summed E-state index contributed by atoms with van der Waals surface area (Å²) >= 11 is 0. The van der Waals surface area contributed by atoms with Crippen LogP contribution in [0.5, 0.6) is 86.2 Å². The molecule has 304 valence electrons. The van der Waals surface area contributed by atoms with Gasteiger partial charge < -0.3 is 84.6 Å². The van der Waals surface area contributed by atoms with Crippen LogP contribution < -0.4 is 23.7 Å². The third kappa shape index (κ3) is 6.43. The van der Waals surface area contributed by atoms with Crippen molar-refractivity contribution in [3.8, 4) is 86.2 Å². The molecular weight excluding hydrogens is 768 g/mol. The molecular formula is C40H36O18. The fourth-order valence-corrected chi connectivity index (χ4v) is 7.38. The number of ether oxygens (including phenoxy) is 6. The molecule has 0 amide bonds. The van der Waals surface area contributed by atoms with Gasteiger partial charge in [-0.3, -0.25) is 0 Å². The van der Waals surface area contributed by atoms with Gasteiger partial charge in [-0.2, -0.15) is 0 Å². The molecule has 0 spiro atoms. The molecule has 0 fully saturated rings. The Hall–Kier alpha value is -7.47. The van der Waals surface area contributed by atoms with E-state index in [-0.39, 0.29) is 68.5 Å². The first-order valence-corrected chi connectivity index (χ1v) is 17.2. The molecule has 11 N–H and O–H groups in total. The van der Waals surface area contributed by atoms with Gasteiger partial charge in [-0.25, -0.2) is 4.79 Å². The number of aliphatic hydroxyl groups excluding tert-OH is 1. The van der Waals surface area contributed by atoms with Crippen molar-refractivity contribution in [2.45, 2.75) is 36.8 Å². The summed E-state index contributed by atoms with van der Waals surface area (Å²) in [7, 11) is 3.68. The lowest BCUT2D eigenvalue weighted by molar-refractivity contribution is -0.0211. The van der Waals surface area contributed by atoms with E-state index in [0.29, 0.717) is 0 Å². The van der Waals surface area contributed by atoms with Gasteiger partial charge in [-0.1, -0.05) is 0 Å². The Balaban J connectivity index is 1.42. The molecule has 0 aromatic heterocycles. The second kappa shape index (κ2) is 14.6. The zero-order valence-corrected chi connectivity index (χ0v) is 30.6. The number of benzene rings is 5. The molecule has 0 saturated heterocycles. The van der Waals surface area contributed by atoms with Crippen molar-refractivity contribution in [2.24, 2.45) is 0 Å². The van der Waals surface area contributed by atoms with Gasteiger partial charge >= 0.3 is 5.97 Å². The SMILES string of the molecule is COc1cc(C(=O)O[C@@H]2Cc3c(OC)cc(O)c([C@H]4c5c(O)cc(O)cc5O[C@H](c5cc(O)c(OC)c(O)c5)[C@@H]4O)c3O[C@@H]2c2cc(O)c(O)c(O)c2)cc(O)c1O. The van der Waals surface area contributed by atoms with E-state index >= 15 is 0 Å². The largest absolute Gasteiger partial charge is 0.508 e. The van der Waals surface area contributed by atoms with Gasteiger partial charge in [0.1, 0.15) is 46.7 Å². The molecule has 2 aliphatic heterocycles. The topological polar surface area (TPSA) is 295 Å². The van der Waals surface area contributed by atoms with Gasteiger partial charge in [-0.05, 0) is 36.4 Å². The molecule has 18 nitrogen and oxygen atoms in total. The zero-order valence-electron chi connectivity index (χ0n) is 30.6. The van der Waals surface area contributed by atoms with Crippen molar-refractivity contribution in [1.82, 2.24) is 0 Å². The first kappa shape index (κ1) is 38.8. The maximum atomic E-state index is 13.7. The fraction of sp³-hybridized carbons (Fsp3) is 0.225. The summed E-state index contributed by atoms with van der Waals surface area (Å²) in [6.45, 7) is 0. The highest BCUT2D eigenvalue weighted by Gasteiger charge is 2.47. The van der Waals surface area contributed by atoms with Crippen molar-refractivity contribution < 1.29 is 89.4 Å². The summed E-state index contributed by atoms with van der Waals surface area (Å²) in [4.78, 5) is 13.7. The molecule has 2 aliphatic rings. The van der Waals surface area contributed by atoms with E-state index in [2.05, 4.69) is 0 Å². The number of aromatic hydroxyl groups is 10. The van der Waals surface area contributed by atoms with E-state index in [1.807, 2.05) is 0 Å². The van der Waals surface area contributed by atoms with Crippen LogP contribution in [0.4, 0.5) is 0 Å². The Morgan fingerprint density at radius 2 is 1.19 bits per heavy atom. The van der Waals surface area contributed by atoms with Crippen molar-refractivity contribution in [2.75, 3.05) is 21.3 Å². The summed E-state index contributed by atoms with van der Waals surface area (Å²) in [6.07, 6.45) is -6.44. The third-order valence-electron chi connectivity index (χ3n) is 9.99. The molecule has 18 heteroatoms. The second-order valence-corrected chi connectivity index (χ2v) is 13.4. The first-order chi connectivity index (χ1) is 27.6. The highest BCUT2D eigenvalue weighted by atomic mass is 16.6. The molecule has 5 atom stereocenters. The number of phenols is 10. The van der Waals surface area contributed by atoms with Crippen molar-refractivity contribution in [1.29, 1.82) is 0 Å². The van der Waals surface area contributed by atoms with E-state index < -0.39 is 93.8 Å². The Kier molecular flexibility index (Phi) is 9.73. The smallest absolute Gasteiger partial charge is 0.338 e. The molecule has 7 rings (SSSR count). The summed E-state index contributed by atoms with van der Waals surface area (Å²) in [5.41, 5.74) is -0.539. The van der Waals surface area contributed by atoms with E-state index in [9.17, 15) is 61.0 Å². The second-order valence-electron chi connectivity index (χ2n) is 13.4. The number of fused-ring (bicyclic) bond motifs is 2. The average molecular weight is 805 g/mol. The Bertz CT molecular complexity index is 2420. The first-order valence-electron chi connectivity index (χ1n) is 17.2. The van der Waals surface area contributed by atoms with Crippen LogP contribution >= 0.6 is 0 Å².